The van der Waals surface area contributed by atoms with Crippen molar-refractivity contribution in [3.8, 4) is 0 Å². The number of hydrogen-bond acceptors (Lipinski definition) is 2. The third-order valence-corrected chi connectivity index (χ3v) is 3.77. The van der Waals surface area contributed by atoms with Crippen molar-refractivity contribution in [1.82, 2.24) is 5.32 Å². The van der Waals surface area contributed by atoms with Crippen LogP contribution in [-0.4, -0.2) is 6.04 Å². The molecule has 2 unspecified atom stereocenters. The van der Waals surface area contributed by atoms with Gasteiger partial charge in [0.25, 0.3) is 0 Å². The van der Waals surface area contributed by atoms with Crippen molar-refractivity contribution in [3.63, 3.8) is 0 Å². The van der Waals surface area contributed by atoms with Gasteiger partial charge in [-0.15, -0.1) is 0 Å². The molecule has 1 heterocycles. The standard InChI is InChI=1S/C16H20BrNO/c1-11-6-4-5-7-14(11)10-12(2)18-13(3)15-8-9-16(17)19-15/h4-9,12-13,18H,10H2,1-3H3. The fourth-order valence-corrected chi connectivity index (χ4v) is 2.62. The van der Waals surface area contributed by atoms with E-state index >= 15 is 0 Å². The largest absolute Gasteiger partial charge is 0.453 e. The van der Waals surface area contributed by atoms with Gasteiger partial charge in [0.2, 0.25) is 0 Å². The fraction of sp³-hybridized carbons (Fsp3) is 0.375. The zero-order valence-corrected chi connectivity index (χ0v) is 13.2. The van der Waals surface area contributed by atoms with E-state index in [1.165, 1.54) is 11.1 Å². The summed E-state index contributed by atoms with van der Waals surface area (Å²) >= 11 is 3.34. The molecule has 1 aromatic carbocycles. The van der Waals surface area contributed by atoms with Gasteiger partial charge in [0, 0.05) is 6.04 Å². The summed E-state index contributed by atoms with van der Waals surface area (Å²) in [6.45, 7) is 6.50. The Morgan fingerprint density at radius 2 is 1.89 bits per heavy atom. The molecule has 0 saturated carbocycles. The molecule has 0 spiro atoms. The van der Waals surface area contributed by atoms with Crippen LogP contribution in [0.1, 0.15) is 36.8 Å². The number of aryl methyl sites for hydroxylation is 1. The zero-order chi connectivity index (χ0) is 13.8. The van der Waals surface area contributed by atoms with Gasteiger partial charge in [0.1, 0.15) is 5.76 Å². The Morgan fingerprint density at radius 1 is 1.16 bits per heavy atom. The molecule has 102 valence electrons. The van der Waals surface area contributed by atoms with E-state index in [1.54, 1.807) is 0 Å². The average molecular weight is 322 g/mol. The summed E-state index contributed by atoms with van der Waals surface area (Å²) in [5, 5.41) is 3.57. The molecule has 0 amide bonds. The summed E-state index contributed by atoms with van der Waals surface area (Å²) < 4.78 is 6.35. The van der Waals surface area contributed by atoms with Crippen LogP contribution in [0.15, 0.2) is 45.5 Å². The van der Waals surface area contributed by atoms with Crippen LogP contribution in [0.4, 0.5) is 0 Å². The van der Waals surface area contributed by atoms with Crippen molar-refractivity contribution < 1.29 is 4.42 Å². The van der Waals surface area contributed by atoms with Gasteiger partial charge in [-0.1, -0.05) is 24.3 Å². The van der Waals surface area contributed by atoms with Crippen LogP contribution >= 0.6 is 15.9 Å². The van der Waals surface area contributed by atoms with Crippen LogP contribution in [0.3, 0.4) is 0 Å². The van der Waals surface area contributed by atoms with Crippen LogP contribution < -0.4 is 5.32 Å². The molecule has 2 aromatic rings. The Hall–Kier alpha value is -1.06. The predicted octanol–water partition coefficient (Wildman–Crippen LogP) is 4.63. The highest BCUT2D eigenvalue weighted by Gasteiger charge is 2.13. The number of furan rings is 1. The van der Waals surface area contributed by atoms with Gasteiger partial charge in [-0.3, -0.25) is 0 Å². The van der Waals surface area contributed by atoms with Crippen LogP contribution in [-0.2, 0) is 6.42 Å². The van der Waals surface area contributed by atoms with Gasteiger partial charge in [0.15, 0.2) is 4.67 Å². The smallest absolute Gasteiger partial charge is 0.169 e. The number of benzene rings is 1. The molecule has 3 heteroatoms. The topological polar surface area (TPSA) is 25.2 Å². The lowest BCUT2D eigenvalue weighted by Gasteiger charge is -2.19. The number of hydrogen-bond donors (Lipinski definition) is 1. The maximum atomic E-state index is 5.57. The molecular formula is C16H20BrNO. The van der Waals surface area contributed by atoms with Crippen molar-refractivity contribution >= 4 is 15.9 Å². The highest BCUT2D eigenvalue weighted by atomic mass is 79.9. The van der Waals surface area contributed by atoms with Crippen molar-refractivity contribution in [2.24, 2.45) is 0 Å². The van der Waals surface area contributed by atoms with Crippen LogP contribution in [0.2, 0.25) is 0 Å². The third-order valence-electron chi connectivity index (χ3n) is 3.34. The van der Waals surface area contributed by atoms with Crippen LogP contribution in [0.5, 0.6) is 0 Å². The van der Waals surface area contributed by atoms with Gasteiger partial charge < -0.3 is 9.73 Å². The van der Waals surface area contributed by atoms with Crippen LogP contribution in [0, 0.1) is 6.92 Å². The molecule has 2 atom stereocenters. The lowest BCUT2D eigenvalue weighted by atomic mass is 10.0. The fourth-order valence-electron chi connectivity index (χ4n) is 2.30. The predicted molar refractivity (Wildman–Crippen MR) is 82.3 cm³/mol. The van der Waals surface area contributed by atoms with Gasteiger partial charge in [-0.05, 0) is 66.4 Å². The molecule has 0 aliphatic heterocycles. The minimum atomic E-state index is 0.213. The molecule has 19 heavy (non-hydrogen) atoms. The molecular weight excluding hydrogens is 302 g/mol. The maximum Gasteiger partial charge on any atom is 0.169 e. The summed E-state index contributed by atoms with van der Waals surface area (Å²) in [6, 6.07) is 13.1. The SMILES string of the molecule is Cc1ccccc1CC(C)NC(C)c1ccc(Br)o1. The lowest BCUT2D eigenvalue weighted by Crippen LogP contribution is -2.30. The Morgan fingerprint density at radius 3 is 2.53 bits per heavy atom. The van der Waals surface area contributed by atoms with E-state index in [2.05, 4.69) is 66.3 Å². The normalized spacial score (nSPS) is 14.3. The second-order valence-electron chi connectivity index (χ2n) is 5.06. The number of rotatable bonds is 5. The summed E-state index contributed by atoms with van der Waals surface area (Å²) in [7, 11) is 0. The van der Waals surface area contributed by atoms with Crippen molar-refractivity contribution in [2.75, 3.05) is 0 Å². The minimum absolute atomic E-state index is 0.213. The molecule has 0 saturated heterocycles. The second-order valence-corrected chi connectivity index (χ2v) is 5.84. The van der Waals surface area contributed by atoms with Crippen molar-refractivity contribution in [3.05, 3.63) is 58.0 Å². The van der Waals surface area contributed by atoms with E-state index in [1.807, 2.05) is 12.1 Å². The molecule has 0 bridgehead atoms. The summed E-state index contributed by atoms with van der Waals surface area (Å²) in [6.07, 6.45) is 1.03. The summed E-state index contributed by atoms with van der Waals surface area (Å²) in [4.78, 5) is 0. The van der Waals surface area contributed by atoms with E-state index in [4.69, 9.17) is 4.42 Å². The Balaban J connectivity index is 1.94. The molecule has 0 aliphatic carbocycles. The molecule has 1 aromatic heterocycles. The number of nitrogens with one attached hydrogen (secondary N) is 1. The maximum absolute atomic E-state index is 5.57. The van der Waals surface area contributed by atoms with Gasteiger partial charge in [-0.2, -0.15) is 0 Å². The van der Waals surface area contributed by atoms with E-state index in [0.29, 0.717) is 6.04 Å². The molecule has 1 N–H and O–H groups in total. The first kappa shape index (κ1) is 14.4. The highest BCUT2D eigenvalue weighted by Crippen LogP contribution is 2.21. The molecule has 0 radical (unpaired) electrons. The monoisotopic (exact) mass is 321 g/mol. The Labute approximate surface area is 123 Å². The Bertz CT molecular complexity index is 535. The first-order valence-corrected chi connectivity index (χ1v) is 7.41. The van der Waals surface area contributed by atoms with Crippen LogP contribution in [0.25, 0.3) is 0 Å². The van der Waals surface area contributed by atoms with Gasteiger partial charge >= 0.3 is 0 Å². The third kappa shape index (κ3) is 3.95. The first-order valence-electron chi connectivity index (χ1n) is 6.62. The van der Waals surface area contributed by atoms with E-state index < -0.39 is 0 Å². The van der Waals surface area contributed by atoms with Gasteiger partial charge in [-0.25, -0.2) is 0 Å². The second kappa shape index (κ2) is 6.40. The Kier molecular flexibility index (Phi) is 4.83. The molecule has 2 nitrogen and oxygen atoms in total. The highest BCUT2D eigenvalue weighted by molar-refractivity contribution is 9.10. The summed E-state index contributed by atoms with van der Waals surface area (Å²) in [5.74, 6) is 0.962. The molecule has 0 fully saturated rings. The van der Waals surface area contributed by atoms with Crippen molar-refractivity contribution in [1.29, 1.82) is 0 Å². The van der Waals surface area contributed by atoms with E-state index in [-0.39, 0.29) is 6.04 Å². The van der Waals surface area contributed by atoms with E-state index in [9.17, 15) is 0 Å². The van der Waals surface area contributed by atoms with Gasteiger partial charge in [0.05, 0.1) is 6.04 Å². The first-order chi connectivity index (χ1) is 9.06. The average Bonchev–Trinajstić information content (AvgIpc) is 2.79. The summed E-state index contributed by atoms with van der Waals surface area (Å²) in [5.41, 5.74) is 2.75. The molecule has 2 rings (SSSR count). The van der Waals surface area contributed by atoms with Crippen molar-refractivity contribution in [2.45, 2.75) is 39.3 Å². The minimum Gasteiger partial charge on any atom is -0.453 e. The zero-order valence-electron chi connectivity index (χ0n) is 11.6. The molecule has 0 aliphatic rings. The lowest BCUT2D eigenvalue weighted by molar-refractivity contribution is 0.388. The number of halogens is 1. The van der Waals surface area contributed by atoms with E-state index in [0.717, 1.165) is 16.9 Å². The quantitative estimate of drug-likeness (QED) is 0.868.